The first-order valence-electron chi connectivity index (χ1n) is 5.35. The number of nitrogens with zero attached hydrogens (tertiary/aromatic N) is 1. The van der Waals surface area contributed by atoms with E-state index in [9.17, 15) is 4.39 Å². The van der Waals surface area contributed by atoms with Gasteiger partial charge in [0.1, 0.15) is 11.6 Å². The highest BCUT2D eigenvalue weighted by molar-refractivity contribution is 9.10. The Bertz CT molecular complexity index is 747. The molecule has 0 radical (unpaired) electrons. The minimum atomic E-state index is -0.314. The molecular weight excluding hydrogens is 354 g/mol. The second-order valence-corrected chi connectivity index (χ2v) is 5.67. The van der Waals surface area contributed by atoms with Gasteiger partial charge in [-0.25, -0.2) is 9.37 Å². The maximum atomic E-state index is 13.2. The molecule has 1 N–H and O–H groups in total. The summed E-state index contributed by atoms with van der Waals surface area (Å²) in [6.07, 6.45) is 0. The monoisotopic (exact) mass is 358 g/mol. The predicted octanol–water partition coefficient (Wildman–Crippen LogP) is 5.44. The Morgan fingerprint density at radius 3 is 2.58 bits per heavy atom. The number of hydrogen-bond donors (Lipinski definition) is 1. The molecule has 3 rings (SSSR count). The molecule has 0 atom stereocenters. The van der Waals surface area contributed by atoms with Gasteiger partial charge in [-0.3, -0.25) is 0 Å². The molecule has 0 aliphatic heterocycles. The van der Waals surface area contributed by atoms with Gasteiger partial charge in [0.25, 0.3) is 0 Å². The average molecular weight is 360 g/mol. The maximum Gasteiger partial charge on any atom is 0.138 e. The highest BCUT2D eigenvalue weighted by Crippen LogP contribution is 2.29. The summed E-state index contributed by atoms with van der Waals surface area (Å²) in [4.78, 5) is 7.54. The lowest BCUT2D eigenvalue weighted by molar-refractivity contribution is 0.621. The van der Waals surface area contributed by atoms with Crippen LogP contribution in [0.3, 0.4) is 0 Å². The molecule has 0 saturated heterocycles. The van der Waals surface area contributed by atoms with E-state index in [1.165, 1.54) is 6.07 Å². The van der Waals surface area contributed by atoms with E-state index in [2.05, 4.69) is 25.9 Å². The number of imidazole rings is 1. The number of halogens is 4. The number of aromatic nitrogens is 2. The maximum absolute atomic E-state index is 13.2. The van der Waals surface area contributed by atoms with Crippen molar-refractivity contribution in [1.29, 1.82) is 0 Å². The van der Waals surface area contributed by atoms with Crippen LogP contribution in [-0.4, -0.2) is 9.97 Å². The molecule has 6 heteroatoms. The van der Waals surface area contributed by atoms with Gasteiger partial charge in [-0.1, -0.05) is 23.2 Å². The van der Waals surface area contributed by atoms with Gasteiger partial charge in [0, 0.05) is 5.56 Å². The fraction of sp³-hybridized carbons (Fsp3) is 0. The van der Waals surface area contributed by atoms with Crippen LogP contribution in [0.5, 0.6) is 0 Å². The lowest BCUT2D eigenvalue weighted by Gasteiger charge is -1.98. The first kappa shape index (κ1) is 12.9. The van der Waals surface area contributed by atoms with Gasteiger partial charge in [-0.05, 0) is 46.3 Å². The van der Waals surface area contributed by atoms with Gasteiger partial charge in [0.2, 0.25) is 0 Å². The van der Waals surface area contributed by atoms with E-state index in [1.54, 1.807) is 24.3 Å². The van der Waals surface area contributed by atoms with Crippen molar-refractivity contribution in [3.8, 4) is 11.4 Å². The van der Waals surface area contributed by atoms with E-state index in [4.69, 9.17) is 23.2 Å². The molecule has 0 fully saturated rings. The van der Waals surface area contributed by atoms with Gasteiger partial charge in [0.05, 0.1) is 25.6 Å². The molecule has 1 aromatic heterocycles. The van der Waals surface area contributed by atoms with Gasteiger partial charge in [-0.2, -0.15) is 0 Å². The van der Waals surface area contributed by atoms with Crippen LogP contribution in [0.2, 0.25) is 10.0 Å². The first-order valence-corrected chi connectivity index (χ1v) is 6.89. The topological polar surface area (TPSA) is 28.7 Å². The van der Waals surface area contributed by atoms with Crippen molar-refractivity contribution < 1.29 is 4.39 Å². The molecule has 2 nitrogen and oxygen atoms in total. The van der Waals surface area contributed by atoms with E-state index < -0.39 is 0 Å². The van der Waals surface area contributed by atoms with Gasteiger partial charge >= 0.3 is 0 Å². The van der Waals surface area contributed by atoms with E-state index in [-0.39, 0.29) is 5.82 Å². The van der Waals surface area contributed by atoms with Crippen molar-refractivity contribution >= 4 is 50.2 Å². The number of fused-ring (bicyclic) bond motifs is 1. The SMILES string of the molecule is Fc1ccc(-c2nc3cc(Cl)c(Cl)cc3[nH]2)cc1Br. The third-order valence-corrected chi connectivity index (χ3v) is 4.05. The molecule has 96 valence electrons. The molecule has 0 saturated carbocycles. The molecular formula is C13H6BrCl2FN2. The molecule has 1 heterocycles. The number of rotatable bonds is 1. The van der Waals surface area contributed by atoms with Crippen molar-refractivity contribution in [1.82, 2.24) is 9.97 Å². The Kier molecular flexibility index (Phi) is 3.25. The van der Waals surface area contributed by atoms with Crippen molar-refractivity contribution in [3.05, 3.63) is 50.7 Å². The molecule has 19 heavy (non-hydrogen) atoms. The fourth-order valence-electron chi connectivity index (χ4n) is 1.79. The standard InChI is InChI=1S/C13H6BrCl2FN2/c14-7-3-6(1-2-10(7)17)13-18-11-4-8(15)9(16)5-12(11)19-13/h1-5H,(H,18,19). The Morgan fingerprint density at radius 1 is 1.11 bits per heavy atom. The van der Waals surface area contributed by atoms with Gasteiger partial charge in [-0.15, -0.1) is 0 Å². The Balaban J connectivity index is 2.17. The fourth-order valence-corrected chi connectivity index (χ4v) is 2.49. The zero-order chi connectivity index (χ0) is 13.6. The van der Waals surface area contributed by atoms with Crippen LogP contribution in [0.1, 0.15) is 0 Å². The lowest BCUT2D eigenvalue weighted by Crippen LogP contribution is -1.83. The minimum Gasteiger partial charge on any atom is -0.338 e. The van der Waals surface area contributed by atoms with Crippen molar-refractivity contribution in [2.45, 2.75) is 0 Å². The molecule has 3 aromatic rings. The summed E-state index contributed by atoms with van der Waals surface area (Å²) < 4.78 is 13.6. The summed E-state index contributed by atoms with van der Waals surface area (Å²) in [5.74, 6) is 0.319. The summed E-state index contributed by atoms with van der Waals surface area (Å²) in [6.45, 7) is 0. The van der Waals surface area contributed by atoms with Crippen LogP contribution in [-0.2, 0) is 0 Å². The Morgan fingerprint density at radius 2 is 1.84 bits per heavy atom. The quantitative estimate of drug-likeness (QED) is 0.615. The lowest BCUT2D eigenvalue weighted by atomic mass is 10.2. The third kappa shape index (κ3) is 2.36. The van der Waals surface area contributed by atoms with Crippen LogP contribution in [0.25, 0.3) is 22.4 Å². The number of benzene rings is 2. The third-order valence-electron chi connectivity index (χ3n) is 2.72. The second-order valence-electron chi connectivity index (χ2n) is 4.00. The Labute approximate surface area is 126 Å². The first-order chi connectivity index (χ1) is 9.04. The van der Waals surface area contributed by atoms with Gasteiger partial charge in [0.15, 0.2) is 0 Å². The van der Waals surface area contributed by atoms with E-state index >= 15 is 0 Å². The molecule has 0 aliphatic carbocycles. The zero-order valence-corrected chi connectivity index (χ0v) is 12.4. The summed E-state index contributed by atoms with van der Waals surface area (Å²) in [6, 6.07) is 8.11. The number of hydrogen-bond acceptors (Lipinski definition) is 1. The highest BCUT2D eigenvalue weighted by Gasteiger charge is 2.09. The summed E-state index contributed by atoms with van der Waals surface area (Å²) >= 11 is 15.0. The van der Waals surface area contributed by atoms with Crippen LogP contribution in [0, 0.1) is 5.82 Å². The predicted molar refractivity (Wildman–Crippen MR) is 79.2 cm³/mol. The van der Waals surface area contributed by atoms with Gasteiger partial charge < -0.3 is 4.98 Å². The number of H-pyrrole nitrogens is 1. The van der Waals surface area contributed by atoms with Crippen molar-refractivity contribution in [3.63, 3.8) is 0 Å². The normalized spacial score (nSPS) is 11.2. The van der Waals surface area contributed by atoms with E-state index in [1.807, 2.05) is 0 Å². The highest BCUT2D eigenvalue weighted by atomic mass is 79.9. The van der Waals surface area contributed by atoms with E-state index in [0.717, 1.165) is 11.1 Å². The molecule has 0 unspecified atom stereocenters. The summed E-state index contributed by atoms with van der Waals surface area (Å²) in [7, 11) is 0. The molecule has 0 amide bonds. The summed E-state index contributed by atoms with van der Waals surface area (Å²) in [5.41, 5.74) is 2.27. The second kappa shape index (κ2) is 4.78. The zero-order valence-electron chi connectivity index (χ0n) is 9.35. The van der Waals surface area contributed by atoms with Crippen molar-refractivity contribution in [2.75, 3.05) is 0 Å². The largest absolute Gasteiger partial charge is 0.338 e. The van der Waals surface area contributed by atoms with E-state index in [0.29, 0.717) is 25.9 Å². The smallest absolute Gasteiger partial charge is 0.138 e. The summed E-state index contributed by atoms with van der Waals surface area (Å²) in [5, 5.41) is 0.914. The molecule has 2 aromatic carbocycles. The average Bonchev–Trinajstić information content (AvgIpc) is 2.76. The Hall–Kier alpha value is -1.10. The van der Waals surface area contributed by atoms with Crippen LogP contribution < -0.4 is 0 Å². The molecule has 0 aliphatic rings. The van der Waals surface area contributed by atoms with Crippen LogP contribution in [0.15, 0.2) is 34.8 Å². The van der Waals surface area contributed by atoms with Crippen LogP contribution >= 0.6 is 39.1 Å². The number of nitrogens with one attached hydrogen (secondary N) is 1. The molecule has 0 bridgehead atoms. The molecule has 0 spiro atoms. The number of aromatic amines is 1. The van der Waals surface area contributed by atoms with Crippen LogP contribution in [0.4, 0.5) is 4.39 Å². The minimum absolute atomic E-state index is 0.314. The van der Waals surface area contributed by atoms with Crippen molar-refractivity contribution in [2.24, 2.45) is 0 Å².